The molecule has 0 radical (unpaired) electrons. The quantitative estimate of drug-likeness (QED) is 0.0230. The minimum absolute atomic E-state index is 0.127. The van der Waals surface area contributed by atoms with E-state index in [9.17, 15) is 111 Å². The topological polar surface area (TPSA) is 561 Å². The fraction of sp³-hybridized carbons (Fsp3) is 0.918. The van der Waals surface area contributed by atoms with Gasteiger partial charge in [-0.25, -0.2) is 4.79 Å². The summed E-state index contributed by atoms with van der Waals surface area (Å²) in [4.78, 5) is 53.1. The smallest absolute Gasteiger partial charge is 0.364 e. The highest BCUT2D eigenvalue weighted by molar-refractivity contribution is 5.78. The number of aliphatic hydroxyl groups excluding tert-OH is 17. The number of allylic oxidation sites excluding steroid dienone is 1. The molecule has 108 heavy (non-hydrogen) atoms. The summed E-state index contributed by atoms with van der Waals surface area (Å²) in [5.74, 6) is -8.20. The maximum atomic E-state index is 13.8. The Morgan fingerprint density at radius 1 is 0.491 bits per heavy atom. The lowest BCUT2D eigenvalue weighted by molar-refractivity contribution is -0.403. The zero-order chi connectivity index (χ0) is 79.5. The molecule has 28 atom stereocenters. The number of rotatable bonds is 53. The van der Waals surface area contributed by atoms with Gasteiger partial charge < -0.3 is 155 Å². The van der Waals surface area contributed by atoms with Gasteiger partial charge in [0.2, 0.25) is 17.7 Å². The molecule has 0 aromatic rings. The summed E-state index contributed by atoms with van der Waals surface area (Å²) in [5.41, 5.74) is 0. The van der Waals surface area contributed by atoms with Crippen LogP contribution in [-0.4, -0.2) is 333 Å². The van der Waals surface area contributed by atoms with Crippen molar-refractivity contribution in [2.24, 2.45) is 0 Å². The number of amides is 3. The lowest BCUT2D eigenvalue weighted by Gasteiger charge is -2.52. The zero-order valence-corrected chi connectivity index (χ0v) is 63.0. The number of carboxylic acids is 1. The van der Waals surface area contributed by atoms with Crippen LogP contribution >= 0.6 is 0 Å². The number of unbranched alkanes of at least 4 members (excludes halogenated alkanes) is 25. The fourth-order valence-electron chi connectivity index (χ4n) is 14.3. The number of carbonyl (C=O) groups excluding carboxylic acids is 3. The summed E-state index contributed by atoms with van der Waals surface area (Å²) in [6.07, 6.45) is -17.7. The lowest BCUT2D eigenvalue weighted by atomic mass is 9.88. The Bertz CT molecular complexity index is 2520. The molecule has 35 heteroatoms. The van der Waals surface area contributed by atoms with E-state index in [4.69, 9.17) is 47.4 Å². The molecule has 3 amide bonds. The Kier molecular flexibility index (Phi) is 44.7. The van der Waals surface area contributed by atoms with Crippen LogP contribution in [0.3, 0.4) is 0 Å². The third-order valence-electron chi connectivity index (χ3n) is 20.7. The molecule has 21 N–H and O–H groups in total. The molecule has 5 fully saturated rings. The van der Waals surface area contributed by atoms with Gasteiger partial charge in [0.1, 0.15) is 123 Å². The van der Waals surface area contributed by atoms with Crippen molar-refractivity contribution in [3.05, 3.63) is 12.2 Å². The predicted molar refractivity (Wildman–Crippen MR) is 380 cm³/mol. The van der Waals surface area contributed by atoms with Crippen LogP contribution in [0.5, 0.6) is 0 Å². The Morgan fingerprint density at radius 3 is 1.47 bits per heavy atom. The van der Waals surface area contributed by atoms with E-state index in [-0.39, 0.29) is 6.42 Å². The number of aliphatic hydroxyl groups is 17. The normalized spacial score (nSPS) is 34.4. The molecule has 5 saturated heterocycles. The average Bonchev–Trinajstić information content (AvgIpc) is 0.741. The summed E-state index contributed by atoms with van der Waals surface area (Å²) in [5, 5.41) is 206. The molecule has 5 aliphatic rings. The highest BCUT2D eigenvalue weighted by Crippen LogP contribution is 2.41. The van der Waals surface area contributed by atoms with Gasteiger partial charge in [-0.2, -0.15) is 0 Å². The van der Waals surface area contributed by atoms with Crippen LogP contribution in [0, 0.1) is 0 Å². The van der Waals surface area contributed by atoms with E-state index in [1.54, 1.807) is 6.08 Å². The molecule has 35 nitrogen and oxygen atoms in total. The van der Waals surface area contributed by atoms with E-state index in [0.717, 1.165) is 64.7 Å². The van der Waals surface area contributed by atoms with Gasteiger partial charge in [-0.1, -0.05) is 180 Å². The molecular weight excluding hydrogens is 1430 g/mol. The molecule has 0 bridgehead atoms. The van der Waals surface area contributed by atoms with Crippen molar-refractivity contribution in [1.29, 1.82) is 0 Å². The van der Waals surface area contributed by atoms with Crippen LogP contribution in [0.4, 0.5) is 0 Å². The number of hydrogen-bond acceptors (Lipinski definition) is 31. The summed E-state index contributed by atoms with van der Waals surface area (Å²) in [6.45, 7) is -2.04. The molecule has 0 saturated carbocycles. The lowest BCUT2D eigenvalue weighted by Crippen LogP contribution is -2.72. The van der Waals surface area contributed by atoms with Crippen LogP contribution in [0.1, 0.15) is 207 Å². The number of carbonyl (C=O) groups is 4. The molecule has 5 aliphatic heterocycles. The minimum Gasteiger partial charge on any atom is -0.477 e. The standard InChI is InChI=1S/C73H131N3O32/c1-4-6-8-10-12-14-16-18-19-21-23-25-27-29-31-33-51(87)75-43(44(84)32-30-28-26-24-22-20-17-15-13-11-9-7-5-2)41-99-69-61(95)59(93)63(49(38-80)102-69)104-71-62(96)67(108-73(72(97)98)34-45(85)53(76-52(88)40-82)66(107-73)55(89)46(86)35-77)64(50(39-81)103-71)105-68-54(74-42(3)83)65(57(91)48(37-79)100-68)106-70-60(94)58(92)56(90)47(36-78)101-70/h30,32,43-50,53-71,77-82,84-86,89-96H,4-29,31,33-41H2,1-3H3,(H,74,83)(H,75,87)(H,76,88)(H,97,98)/b32-30+/t43-,44+,45?,46+,47?,48?,49?,50?,53+,54?,55+,56-,57-,58-,59+,60?,61?,62?,63+,64-,65+,66?,67+,68-,69+,70-,71-,73-/m0/s1. The third kappa shape index (κ3) is 29.1. The molecule has 0 aromatic carbocycles. The summed E-state index contributed by atoms with van der Waals surface area (Å²) >= 11 is 0. The van der Waals surface area contributed by atoms with Gasteiger partial charge >= 0.3 is 5.97 Å². The zero-order valence-electron chi connectivity index (χ0n) is 63.0. The monoisotopic (exact) mass is 1560 g/mol. The molecule has 630 valence electrons. The molecule has 0 aliphatic carbocycles. The van der Waals surface area contributed by atoms with Crippen LogP contribution in [0.15, 0.2) is 12.2 Å². The van der Waals surface area contributed by atoms with Gasteiger partial charge in [0.25, 0.3) is 5.79 Å². The number of hydrogen-bond donors (Lipinski definition) is 21. The summed E-state index contributed by atoms with van der Waals surface area (Å²) in [6, 6.07) is -4.99. The van der Waals surface area contributed by atoms with E-state index < -0.39 is 248 Å². The second kappa shape index (κ2) is 50.7. The second-order valence-electron chi connectivity index (χ2n) is 29.3. The van der Waals surface area contributed by atoms with Crippen molar-refractivity contribution in [1.82, 2.24) is 16.0 Å². The maximum Gasteiger partial charge on any atom is 0.364 e. The predicted octanol–water partition coefficient (Wildman–Crippen LogP) is -2.07. The van der Waals surface area contributed by atoms with Gasteiger partial charge in [0.15, 0.2) is 25.2 Å². The van der Waals surface area contributed by atoms with Gasteiger partial charge in [-0.15, -0.1) is 0 Å². The largest absolute Gasteiger partial charge is 0.477 e. The highest BCUT2D eigenvalue weighted by Gasteiger charge is 2.62. The molecule has 0 aromatic heterocycles. The van der Waals surface area contributed by atoms with Gasteiger partial charge in [-0.05, 0) is 19.3 Å². The summed E-state index contributed by atoms with van der Waals surface area (Å²) < 4.78 is 59.9. The van der Waals surface area contributed by atoms with E-state index in [2.05, 4.69) is 29.8 Å². The first kappa shape index (κ1) is 95.1. The Balaban J connectivity index is 1.41. The van der Waals surface area contributed by atoms with E-state index in [0.29, 0.717) is 12.8 Å². The highest BCUT2D eigenvalue weighted by atomic mass is 16.8. The fourth-order valence-corrected chi connectivity index (χ4v) is 14.3. The number of nitrogens with one attached hydrogen (secondary N) is 3. The van der Waals surface area contributed by atoms with E-state index in [1.807, 2.05) is 0 Å². The average molecular weight is 1560 g/mol. The minimum atomic E-state index is -3.44. The van der Waals surface area contributed by atoms with Crippen LogP contribution in [0.2, 0.25) is 0 Å². The molecular formula is C73H131N3O32. The van der Waals surface area contributed by atoms with Crippen LogP contribution in [-0.2, 0) is 66.5 Å². The first-order valence-corrected chi connectivity index (χ1v) is 39.3. The van der Waals surface area contributed by atoms with Gasteiger partial charge in [-0.3, -0.25) is 14.4 Å². The Morgan fingerprint density at radius 2 is 0.954 bits per heavy atom. The van der Waals surface area contributed by atoms with E-state index in [1.165, 1.54) is 109 Å². The van der Waals surface area contributed by atoms with Gasteiger partial charge in [0.05, 0.1) is 63.9 Å². The van der Waals surface area contributed by atoms with Crippen LogP contribution in [0.25, 0.3) is 0 Å². The number of carboxylic acid groups (broad SMARTS) is 1. The van der Waals surface area contributed by atoms with Gasteiger partial charge in [0, 0.05) is 19.8 Å². The van der Waals surface area contributed by atoms with E-state index >= 15 is 0 Å². The SMILES string of the molecule is CCCCCCCCCCCCC/C=C/[C@@H](O)[C@H](CO[C@@H]1OC(CO)[C@@H](O[C@@H]2OC(CO)[C@H](O[C@@H]3OC(CO)[C@H](O)[C@H](O[C@@H]4OC(CO)[C@H](O)[C@H](O)C4O)C3NC(C)=O)[C@H](O[C@]3(C(=O)O)CC(O)[C@@H](NC(=O)CO)C([C@H](O)[C@H](O)CO)O3)C2O)[C@H](O)C1O)NC(=O)CCCCCCCCCCCCCCCCC. The number of aliphatic carboxylic acids is 1. The van der Waals surface area contributed by atoms with Crippen molar-refractivity contribution in [3.8, 4) is 0 Å². The van der Waals surface area contributed by atoms with Crippen molar-refractivity contribution >= 4 is 23.7 Å². The molecule has 0 spiro atoms. The third-order valence-corrected chi connectivity index (χ3v) is 20.7. The second-order valence-corrected chi connectivity index (χ2v) is 29.3. The van der Waals surface area contributed by atoms with Crippen molar-refractivity contribution in [2.75, 3.05) is 46.2 Å². The number of ether oxygens (including phenoxy) is 10. The first-order valence-electron chi connectivity index (χ1n) is 39.3. The van der Waals surface area contributed by atoms with Crippen molar-refractivity contribution in [3.63, 3.8) is 0 Å². The molecule has 10 unspecified atom stereocenters. The molecule has 5 rings (SSSR count). The Labute approximate surface area is 632 Å². The van der Waals surface area contributed by atoms with Crippen molar-refractivity contribution < 1.29 is 158 Å². The maximum absolute atomic E-state index is 13.8. The first-order chi connectivity index (χ1) is 51.8. The van der Waals surface area contributed by atoms with Crippen molar-refractivity contribution in [2.45, 2.75) is 378 Å². The van der Waals surface area contributed by atoms with Crippen LogP contribution < -0.4 is 16.0 Å². The Hall–Kier alpha value is -3.46. The molecule has 5 heterocycles. The summed E-state index contributed by atoms with van der Waals surface area (Å²) in [7, 11) is 0.